The van der Waals surface area contributed by atoms with Crippen LogP contribution in [0.3, 0.4) is 0 Å². The number of aryl methyl sites for hydroxylation is 1. The van der Waals surface area contributed by atoms with Gasteiger partial charge in [-0.1, -0.05) is 42.7 Å². The summed E-state index contributed by atoms with van der Waals surface area (Å²) in [5.74, 6) is 0.930. The Labute approximate surface area is 205 Å². The van der Waals surface area contributed by atoms with E-state index in [0.717, 1.165) is 51.4 Å². The highest BCUT2D eigenvalue weighted by Crippen LogP contribution is 2.26. The van der Waals surface area contributed by atoms with Crippen molar-refractivity contribution >= 4 is 29.9 Å². The molecule has 31 heavy (non-hydrogen) atoms. The van der Waals surface area contributed by atoms with Crippen molar-refractivity contribution in [1.29, 1.82) is 0 Å². The minimum absolute atomic E-state index is 0. The van der Waals surface area contributed by atoms with Gasteiger partial charge in [0.25, 0.3) is 0 Å². The second-order valence-electron chi connectivity index (χ2n) is 9.09. The minimum atomic E-state index is 0. The average Bonchev–Trinajstić information content (AvgIpc) is 3.46. The van der Waals surface area contributed by atoms with Gasteiger partial charge in [-0.15, -0.1) is 24.0 Å². The van der Waals surface area contributed by atoms with Crippen molar-refractivity contribution in [2.45, 2.75) is 57.2 Å². The van der Waals surface area contributed by atoms with Crippen LogP contribution in [0.2, 0.25) is 0 Å². The molecule has 2 atom stereocenters. The molecule has 1 aliphatic carbocycles. The zero-order chi connectivity index (χ0) is 20.8. The van der Waals surface area contributed by atoms with Crippen molar-refractivity contribution in [3.8, 4) is 0 Å². The first-order valence-corrected chi connectivity index (χ1v) is 11.8. The number of likely N-dealkylation sites (tertiary alicyclic amines) is 1. The molecule has 2 aliphatic heterocycles. The first-order valence-electron chi connectivity index (χ1n) is 11.8. The van der Waals surface area contributed by atoms with Crippen molar-refractivity contribution in [1.82, 2.24) is 20.4 Å². The Bertz CT molecular complexity index is 703. The quantitative estimate of drug-likeness (QED) is 0.329. The van der Waals surface area contributed by atoms with Crippen LogP contribution in [0.1, 0.15) is 49.3 Å². The van der Waals surface area contributed by atoms with Crippen LogP contribution in [0.4, 0.5) is 0 Å². The smallest absolute Gasteiger partial charge is 0.191 e. The highest BCUT2D eigenvalue weighted by atomic mass is 127. The molecule has 7 heteroatoms. The fourth-order valence-corrected chi connectivity index (χ4v) is 5.31. The number of hydrogen-bond acceptors (Lipinski definition) is 4. The lowest BCUT2D eigenvalue weighted by Gasteiger charge is -2.35. The fourth-order valence-electron chi connectivity index (χ4n) is 5.31. The Morgan fingerprint density at radius 2 is 1.94 bits per heavy atom. The number of hydrogen-bond donors (Lipinski definition) is 2. The van der Waals surface area contributed by atoms with Gasteiger partial charge in [0.05, 0.1) is 19.3 Å². The fraction of sp³-hybridized carbons (Fsp3) is 0.708. The van der Waals surface area contributed by atoms with E-state index >= 15 is 0 Å². The second kappa shape index (κ2) is 12.4. The Morgan fingerprint density at radius 1 is 1.16 bits per heavy atom. The number of morpholine rings is 1. The Kier molecular flexibility index (Phi) is 9.87. The van der Waals surface area contributed by atoms with Gasteiger partial charge in [0, 0.05) is 51.9 Å². The topological polar surface area (TPSA) is 52.1 Å². The van der Waals surface area contributed by atoms with Gasteiger partial charge in [0.2, 0.25) is 0 Å². The number of benzene rings is 1. The Morgan fingerprint density at radius 3 is 2.65 bits per heavy atom. The third-order valence-corrected chi connectivity index (χ3v) is 7.00. The van der Waals surface area contributed by atoms with Gasteiger partial charge in [0.15, 0.2) is 5.96 Å². The van der Waals surface area contributed by atoms with Crippen LogP contribution < -0.4 is 10.6 Å². The summed E-state index contributed by atoms with van der Waals surface area (Å²) in [6.07, 6.45) is 6.80. The number of aliphatic imine (C=N–C) groups is 1. The average molecular weight is 542 g/mol. The van der Waals surface area contributed by atoms with Crippen LogP contribution in [-0.4, -0.2) is 80.8 Å². The molecular weight excluding hydrogens is 501 g/mol. The third-order valence-electron chi connectivity index (χ3n) is 7.00. The summed E-state index contributed by atoms with van der Waals surface area (Å²) in [6.45, 7) is 8.97. The van der Waals surface area contributed by atoms with E-state index < -0.39 is 0 Å². The second-order valence-corrected chi connectivity index (χ2v) is 9.09. The third kappa shape index (κ3) is 6.79. The van der Waals surface area contributed by atoms with E-state index in [9.17, 15) is 0 Å². The number of rotatable bonds is 6. The molecule has 3 aliphatic rings. The number of nitrogens with one attached hydrogen (secondary N) is 2. The van der Waals surface area contributed by atoms with Gasteiger partial charge in [-0.05, 0) is 31.7 Å². The van der Waals surface area contributed by atoms with E-state index in [0.29, 0.717) is 12.1 Å². The molecule has 0 amide bonds. The summed E-state index contributed by atoms with van der Waals surface area (Å²) in [7, 11) is 1.88. The van der Waals surface area contributed by atoms with Crippen LogP contribution in [0.5, 0.6) is 0 Å². The highest BCUT2D eigenvalue weighted by molar-refractivity contribution is 14.0. The van der Waals surface area contributed by atoms with Crippen LogP contribution in [0.15, 0.2) is 29.3 Å². The number of ether oxygens (including phenoxy) is 1. The molecule has 6 nitrogen and oxygen atoms in total. The maximum Gasteiger partial charge on any atom is 0.191 e. The molecule has 0 bridgehead atoms. The van der Waals surface area contributed by atoms with Crippen LogP contribution in [-0.2, 0) is 4.74 Å². The lowest BCUT2D eigenvalue weighted by Crippen LogP contribution is -2.49. The van der Waals surface area contributed by atoms with Crippen LogP contribution in [0.25, 0.3) is 0 Å². The van der Waals surface area contributed by atoms with Gasteiger partial charge in [-0.2, -0.15) is 0 Å². The molecule has 4 rings (SSSR count). The van der Waals surface area contributed by atoms with Crippen molar-refractivity contribution < 1.29 is 4.74 Å². The van der Waals surface area contributed by atoms with E-state index in [4.69, 9.17) is 4.74 Å². The van der Waals surface area contributed by atoms with Crippen LogP contribution in [0, 0.1) is 6.92 Å². The molecule has 2 unspecified atom stereocenters. The summed E-state index contributed by atoms with van der Waals surface area (Å²) in [5.41, 5.74) is 2.68. The summed E-state index contributed by atoms with van der Waals surface area (Å²) in [5, 5.41) is 7.33. The van der Waals surface area contributed by atoms with Gasteiger partial charge in [-0.25, -0.2) is 0 Å². The van der Waals surface area contributed by atoms with Gasteiger partial charge >= 0.3 is 0 Å². The standard InChI is InChI=1S/C24H39N5O.HI/c1-19-6-5-7-20(16-19)23(28-12-14-30-15-13-28)17-26-24(25-2)27-21-10-11-29(18-21)22-8-3-4-9-22;/h5-7,16,21-23H,3-4,8-15,17-18H2,1-2H3,(H2,25,26,27);1H. The highest BCUT2D eigenvalue weighted by Gasteiger charge is 2.30. The lowest BCUT2D eigenvalue weighted by atomic mass is 10.0. The SMILES string of the molecule is CN=C(NCC(c1cccc(C)c1)N1CCOCC1)NC1CCN(C2CCCC2)C1.I. The van der Waals surface area contributed by atoms with E-state index in [1.165, 1.54) is 49.8 Å². The number of nitrogens with zero attached hydrogens (tertiary/aromatic N) is 3. The maximum absolute atomic E-state index is 5.59. The van der Waals surface area contributed by atoms with Gasteiger partial charge in [0.1, 0.15) is 0 Å². The molecule has 1 saturated carbocycles. The zero-order valence-corrected chi connectivity index (χ0v) is 21.5. The predicted molar refractivity (Wildman–Crippen MR) is 138 cm³/mol. The predicted octanol–water partition coefficient (Wildman–Crippen LogP) is 3.17. The van der Waals surface area contributed by atoms with Crippen molar-refractivity contribution in [3.05, 3.63) is 35.4 Å². The lowest BCUT2D eigenvalue weighted by molar-refractivity contribution is 0.0170. The molecule has 1 aromatic carbocycles. The van der Waals surface area contributed by atoms with E-state index in [1.54, 1.807) is 0 Å². The summed E-state index contributed by atoms with van der Waals surface area (Å²) in [4.78, 5) is 9.77. The van der Waals surface area contributed by atoms with E-state index in [-0.39, 0.29) is 24.0 Å². The van der Waals surface area contributed by atoms with Gasteiger partial charge in [-0.3, -0.25) is 14.8 Å². The molecule has 0 aromatic heterocycles. The monoisotopic (exact) mass is 541 g/mol. The number of guanidine groups is 1. The molecule has 0 radical (unpaired) electrons. The zero-order valence-electron chi connectivity index (χ0n) is 19.2. The largest absolute Gasteiger partial charge is 0.379 e. The molecular formula is C24H40IN5O. The summed E-state index contributed by atoms with van der Waals surface area (Å²) in [6, 6.07) is 10.5. The van der Waals surface area contributed by atoms with Crippen molar-refractivity contribution in [3.63, 3.8) is 0 Å². The first kappa shape index (κ1) is 24.7. The van der Waals surface area contributed by atoms with Crippen molar-refractivity contribution in [2.24, 2.45) is 4.99 Å². The maximum atomic E-state index is 5.59. The van der Waals surface area contributed by atoms with Crippen molar-refractivity contribution in [2.75, 3.05) is 53.0 Å². The summed E-state index contributed by atoms with van der Waals surface area (Å²) < 4.78 is 5.59. The first-order chi connectivity index (χ1) is 14.7. The molecule has 0 spiro atoms. The molecule has 3 fully saturated rings. The van der Waals surface area contributed by atoms with E-state index in [1.807, 2.05) is 7.05 Å². The minimum Gasteiger partial charge on any atom is -0.379 e. The molecule has 2 N–H and O–H groups in total. The Hall–Kier alpha value is -0.900. The van der Waals surface area contributed by atoms with Crippen LogP contribution >= 0.6 is 24.0 Å². The van der Waals surface area contributed by atoms with Gasteiger partial charge < -0.3 is 15.4 Å². The summed E-state index contributed by atoms with van der Waals surface area (Å²) >= 11 is 0. The Balaban J connectivity index is 0.00000272. The van der Waals surface area contributed by atoms with E-state index in [2.05, 4.69) is 56.6 Å². The molecule has 2 saturated heterocycles. The molecule has 2 heterocycles. The number of halogens is 1. The normalized spacial score (nSPS) is 24.7. The molecule has 1 aromatic rings. The molecule has 174 valence electrons.